The van der Waals surface area contributed by atoms with Crippen LogP contribution >= 0.6 is 11.6 Å². The number of benzene rings is 1. The third-order valence-electron chi connectivity index (χ3n) is 7.90. The molecule has 34 heavy (non-hydrogen) atoms. The predicted molar refractivity (Wildman–Crippen MR) is 135 cm³/mol. The summed E-state index contributed by atoms with van der Waals surface area (Å²) >= 11 is 6.00. The second-order valence-electron chi connectivity index (χ2n) is 10.1. The molecule has 5 rings (SSSR count). The number of fused-ring (bicyclic) bond motifs is 1. The first-order chi connectivity index (χ1) is 16.6. The molecular weight excluding hydrogens is 448 g/mol. The van der Waals surface area contributed by atoms with Gasteiger partial charge in [-0.2, -0.15) is 0 Å². The van der Waals surface area contributed by atoms with Crippen molar-refractivity contribution in [2.45, 2.75) is 57.0 Å². The van der Waals surface area contributed by atoms with E-state index >= 15 is 0 Å². The first kappa shape index (κ1) is 23.6. The van der Waals surface area contributed by atoms with E-state index in [-0.39, 0.29) is 0 Å². The highest BCUT2D eigenvalue weighted by Gasteiger charge is 2.34. The summed E-state index contributed by atoms with van der Waals surface area (Å²) in [6.45, 7) is 4.94. The Labute approximate surface area is 207 Å². The second-order valence-corrected chi connectivity index (χ2v) is 10.5. The zero-order valence-electron chi connectivity index (χ0n) is 19.8. The molecule has 6 nitrogen and oxygen atoms in total. The van der Waals surface area contributed by atoms with Crippen LogP contribution in [-0.2, 0) is 17.6 Å². The van der Waals surface area contributed by atoms with Crippen LogP contribution in [-0.4, -0.2) is 64.6 Å². The molecule has 0 bridgehead atoms. The topological polar surface area (TPSA) is 68.7 Å². The Balaban J connectivity index is 1.11. The minimum atomic E-state index is -0.785. The summed E-state index contributed by atoms with van der Waals surface area (Å²) < 4.78 is 0. The first-order valence-electron chi connectivity index (χ1n) is 12.8. The number of aliphatic carboxylic acids is 1. The number of hydrogen-bond donors (Lipinski definition) is 2. The van der Waals surface area contributed by atoms with Gasteiger partial charge in [-0.3, -0.25) is 9.69 Å². The first-order valence-corrected chi connectivity index (χ1v) is 13.1. The highest BCUT2D eigenvalue weighted by molar-refractivity contribution is 6.30. The number of piperidine rings is 2. The van der Waals surface area contributed by atoms with Crippen LogP contribution in [0.1, 0.15) is 55.0 Å². The Morgan fingerprint density at radius 3 is 2.50 bits per heavy atom. The van der Waals surface area contributed by atoms with Gasteiger partial charge in [-0.15, -0.1) is 0 Å². The maximum atomic E-state index is 12.0. The molecule has 3 aliphatic rings. The molecule has 2 saturated heterocycles. The van der Waals surface area contributed by atoms with Gasteiger partial charge in [-0.05, 0) is 93.3 Å². The van der Waals surface area contributed by atoms with Gasteiger partial charge >= 0.3 is 5.97 Å². The zero-order valence-corrected chi connectivity index (χ0v) is 20.5. The number of carboxylic acid groups (broad SMARTS) is 1. The normalized spacial score (nSPS) is 21.6. The standard InChI is InChI=1S/C27H35ClN4O2/c28-22-6-3-20(4-7-22)25(27(33)34)32-16-11-24(12-17-32)31-14-9-19(10-15-31)18-23-8-5-21-2-1-13-29-26(21)30-23/h3-8,19,24-25H,1-2,9-18H2,(H,29,30)(H,33,34). The summed E-state index contributed by atoms with van der Waals surface area (Å²) in [5, 5.41) is 14.0. The highest BCUT2D eigenvalue weighted by atomic mass is 35.5. The minimum absolute atomic E-state index is 0.558. The van der Waals surface area contributed by atoms with Gasteiger partial charge in [-0.25, -0.2) is 4.98 Å². The molecule has 0 amide bonds. The third kappa shape index (κ3) is 5.40. The number of carboxylic acids is 1. The monoisotopic (exact) mass is 482 g/mol. The molecule has 0 aliphatic carbocycles. The number of anilines is 1. The van der Waals surface area contributed by atoms with Crippen LogP contribution in [0, 0.1) is 5.92 Å². The average molecular weight is 483 g/mol. The van der Waals surface area contributed by atoms with Gasteiger partial charge in [-0.1, -0.05) is 29.8 Å². The summed E-state index contributed by atoms with van der Waals surface area (Å²) in [7, 11) is 0. The second kappa shape index (κ2) is 10.6. The number of rotatable bonds is 6. The number of hydrogen-bond acceptors (Lipinski definition) is 5. The van der Waals surface area contributed by atoms with Crippen molar-refractivity contribution in [1.29, 1.82) is 0 Å². The lowest BCUT2D eigenvalue weighted by Crippen LogP contribution is -2.49. The number of carbonyl (C=O) groups is 1. The molecule has 2 fully saturated rings. The van der Waals surface area contributed by atoms with Gasteiger partial charge in [0.2, 0.25) is 0 Å². The van der Waals surface area contributed by atoms with E-state index in [1.54, 1.807) is 12.1 Å². The molecule has 1 unspecified atom stereocenters. The maximum Gasteiger partial charge on any atom is 0.325 e. The Kier molecular flexibility index (Phi) is 7.37. The lowest BCUT2D eigenvalue weighted by Gasteiger charge is -2.43. The Hall–Kier alpha value is -2.15. The molecule has 1 aromatic carbocycles. The van der Waals surface area contributed by atoms with Gasteiger partial charge in [0.05, 0.1) is 0 Å². The summed E-state index contributed by atoms with van der Waals surface area (Å²) in [6.07, 6.45) is 7.90. The fourth-order valence-electron chi connectivity index (χ4n) is 5.96. The molecular formula is C27H35ClN4O2. The lowest BCUT2D eigenvalue weighted by molar-refractivity contribution is -0.144. The zero-order chi connectivity index (χ0) is 23.5. The molecule has 0 radical (unpaired) electrons. The largest absolute Gasteiger partial charge is 0.480 e. The van der Waals surface area contributed by atoms with Gasteiger partial charge in [0, 0.05) is 36.4 Å². The summed E-state index contributed by atoms with van der Waals surface area (Å²) in [6, 6.07) is 11.7. The van der Waals surface area contributed by atoms with Crippen LogP contribution in [0.5, 0.6) is 0 Å². The van der Waals surface area contributed by atoms with Gasteiger partial charge in [0.1, 0.15) is 11.9 Å². The molecule has 4 heterocycles. The van der Waals surface area contributed by atoms with Gasteiger partial charge in [0.25, 0.3) is 0 Å². The van der Waals surface area contributed by atoms with E-state index in [9.17, 15) is 9.90 Å². The summed E-state index contributed by atoms with van der Waals surface area (Å²) in [4.78, 5) is 21.7. The van der Waals surface area contributed by atoms with Crippen molar-refractivity contribution in [2.75, 3.05) is 38.0 Å². The van der Waals surface area contributed by atoms with Crippen molar-refractivity contribution in [3.8, 4) is 0 Å². The average Bonchev–Trinajstić information content (AvgIpc) is 2.86. The smallest absolute Gasteiger partial charge is 0.325 e. The summed E-state index contributed by atoms with van der Waals surface area (Å²) in [5.41, 5.74) is 3.39. The summed E-state index contributed by atoms with van der Waals surface area (Å²) in [5.74, 6) is 1.02. The minimum Gasteiger partial charge on any atom is -0.480 e. The van der Waals surface area contributed by atoms with Crippen molar-refractivity contribution in [2.24, 2.45) is 5.92 Å². The quantitative estimate of drug-likeness (QED) is 0.625. The molecule has 0 saturated carbocycles. The number of aromatic nitrogens is 1. The van der Waals surface area contributed by atoms with Crippen LogP contribution in [0.15, 0.2) is 36.4 Å². The number of likely N-dealkylation sites (tertiary alicyclic amines) is 2. The molecule has 1 aromatic heterocycles. The predicted octanol–water partition coefficient (Wildman–Crippen LogP) is 4.64. The van der Waals surface area contributed by atoms with Crippen LogP contribution in [0.3, 0.4) is 0 Å². The van der Waals surface area contributed by atoms with E-state index in [1.807, 2.05) is 12.1 Å². The van der Waals surface area contributed by atoms with Crippen LogP contribution in [0.25, 0.3) is 0 Å². The lowest BCUT2D eigenvalue weighted by atomic mass is 9.89. The van der Waals surface area contributed by atoms with E-state index in [4.69, 9.17) is 16.6 Å². The Morgan fingerprint density at radius 1 is 1.06 bits per heavy atom. The van der Waals surface area contributed by atoms with Gasteiger partial charge in [0.15, 0.2) is 0 Å². The van der Waals surface area contributed by atoms with Crippen molar-refractivity contribution in [3.63, 3.8) is 0 Å². The van der Waals surface area contributed by atoms with Crippen molar-refractivity contribution >= 4 is 23.4 Å². The molecule has 1 atom stereocenters. The fourth-order valence-corrected chi connectivity index (χ4v) is 6.09. The van der Waals surface area contributed by atoms with E-state index in [0.29, 0.717) is 17.0 Å². The van der Waals surface area contributed by atoms with E-state index in [1.165, 1.54) is 30.5 Å². The van der Waals surface area contributed by atoms with E-state index in [0.717, 1.165) is 69.8 Å². The number of nitrogens with one attached hydrogen (secondary N) is 1. The van der Waals surface area contributed by atoms with E-state index < -0.39 is 12.0 Å². The molecule has 2 N–H and O–H groups in total. The molecule has 7 heteroatoms. The molecule has 2 aromatic rings. The van der Waals surface area contributed by atoms with Crippen molar-refractivity contribution in [1.82, 2.24) is 14.8 Å². The number of pyridine rings is 1. The Bertz CT molecular complexity index is 983. The highest BCUT2D eigenvalue weighted by Crippen LogP contribution is 2.30. The number of halogens is 1. The fraction of sp³-hybridized carbons (Fsp3) is 0.556. The van der Waals surface area contributed by atoms with Gasteiger partial charge < -0.3 is 15.3 Å². The third-order valence-corrected chi connectivity index (χ3v) is 8.15. The maximum absolute atomic E-state index is 12.0. The van der Waals surface area contributed by atoms with Crippen LogP contribution in [0.4, 0.5) is 5.82 Å². The van der Waals surface area contributed by atoms with Crippen molar-refractivity contribution in [3.05, 3.63) is 58.2 Å². The SMILES string of the molecule is O=C(O)C(c1ccc(Cl)cc1)N1CCC(N2CCC(Cc3ccc4c(n3)NCCC4)CC2)CC1. The number of aryl methyl sites for hydroxylation is 1. The van der Waals surface area contributed by atoms with Crippen molar-refractivity contribution < 1.29 is 9.90 Å². The van der Waals surface area contributed by atoms with E-state index in [2.05, 4.69) is 27.2 Å². The van der Waals surface area contributed by atoms with Crippen LogP contribution in [0.2, 0.25) is 5.02 Å². The molecule has 0 spiro atoms. The van der Waals surface area contributed by atoms with Crippen LogP contribution < -0.4 is 5.32 Å². The molecule has 182 valence electrons. The molecule has 3 aliphatic heterocycles. The Morgan fingerprint density at radius 2 is 1.79 bits per heavy atom. The number of nitrogens with zero attached hydrogens (tertiary/aromatic N) is 3.